The summed E-state index contributed by atoms with van der Waals surface area (Å²) in [5, 5.41) is 6.91. The van der Waals surface area contributed by atoms with Crippen LogP contribution in [0.1, 0.15) is 22.7 Å². The molecule has 0 aliphatic carbocycles. The van der Waals surface area contributed by atoms with Crippen LogP contribution in [0.25, 0.3) is 10.9 Å². The van der Waals surface area contributed by atoms with Crippen LogP contribution >= 0.6 is 0 Å². The molecule has 2 N–H and O–H groups in total. The fraction of sp³-hybridized carbons (Fsp3) is 0.290. The lowest BCUT2D eigenvalue weighted by atomic mass is 9.88. The monoisotopic (exact) mass is 540 g/mol. The number of nitrogens with zero attached hydrogens (tertiary/aromatic N) is 2. The van der Waals surface area contributed by atoms with E-state index in [9.17, 15) is 4.79 Å². The third-order valence-corrected chi connectivity index (χ3v) is 7.56. The summed E-state index contributed by atoms with van der Waals surface area (Å²) in [4.78, 5) is 19.6. The molecular formula is C31H32N4O5. The number of nitrogens with one attached hydrogen (secondary N) is 2. The van der Waals surface area contributed by atoms with E-state index in [0.717, 1.165) is 53.0 Å². The maximum absolute atomic E-state index is 12.8. The van der Waals surface area contributed by atoms with Crippen molar-refractivity contribution in [1.82, 2.24) is 15.2 Å². The van der Waals surface area contributed by atoms with Gasteiger partial charge in [0.2, 0.25) is 6.79 Å². The molecule has 0 fully saturated rings. The van der Waals surface area contributed by atoms with Crippen LogP contribution in [-0.2, 0) is 12.8 Å². The van der Waals surface area contributed by atoms with Crippen molar-refractivity contribution in [3.8, 4) is 23.0 Å². The van der Waals surface area contributed by atoms with Gasteiger partial charge in [-0.25, -0.2) is 4.79 Å². The number of amides is 2. The summed E-state index contributed by atoms with van der Waals surface area (Å²) in [5.74, 6) is 2.99. The first-order chi connectivity index (χ1) is 19.6. The number of anilines is 1. The smallest absolute Gasteiger partial charge is 0.319 e. The van der Waals surface area contributed by atoms with Gasteiger partial charge in [-0.2, -0.15) is 0 Å². The number of para-hydroxylation sites is 1. The van der Waals surface area contributed by atoms with Gasteiger partial charge in [0.1, 0.15) is 0 Å². The standard InChI is InChI=1S/C31H32N4O5/c1-37-27-8-7-20(16-28(27)38-2)15-26-23-18-30-29(39-19-40-30)17-21(23)10-13-35(26)14-12-33-31(36)34-25-9-11-32-24-6-4-3-5-22(24)25/h3-9,11,16-18,26H,10,12-15,19H2,1-2H3,(H2,32,33,34,36). The molecule has 1 atom stereocenters. The molecule has 2 aliphatic heterocycles. The first-order valence-corrected chi connectivity index (χ1v) is 13.4. The minimum absolute atomic E-state index is 0.0883. The first-order valence-electron chi connectivity index (χ1n) is 13.4. The van der Waals surface area contributed by atoms with Gasteiger partial charge < -0.3 is 29.6 Å². The van der Waals surface area contributed by atoms with E-state index in [1.165, 1.54) is 11.1 Å². The number of ether oxygens (including phenoxy) is 4. The highest BCUT2D eigenvalue weighted by Crippen LogP contribution is 2.42. The molecule has 6 rings (SSSR count). The number of rotatable bonds is 8. The number of urea groups is 1. The van der Waals surface area contributed by atoms with Crippen molar-refractivity contribution in [2.24, 2.45) is 0 Å². The quantitative estimate of drug-likeness (QED) is 0.327. The third-order valence-electron chi connectivity index (χ3n) is 7.56. The van der Waals surface area contributed by atoms with Crippen LogP contribution in [0.4, 0.5) is 10.5 Å². The van der Waals surface area contributed by atoms with Gasteiger partial charge in [-0.3, -0.25) is 9.88 Å². The Bertz CT molecular complexity index is 1540. The first kappa shape index (κ1) is 25.8. The van der Waals surface area contributed by atoms with Gasteiger partial charge in [-0.1, -0.05) is 24.3 Å². The zero-order chi connectivity index (χ0) is 27.5. The highest BCUT2D eigenvalue weighted by atomic mass is 16.7. The molecule has 4 aromatic rings. The summed E-state index contributed by atoms with van der Waals surface area (Å²) < 4.78 is 22.4. The zero-order valence-corrected chi connectivity index (χ0v) is 22.6. The summed E-state index contributed by atoms with van der Waals surface area (Å²) in [6.07, 6.45) is 3.36. The number of hydrogen-bond donors (Lipinski definition) is 2. The number of carbonyl (C=O) groups is 1. The maximum Gasteiger partial charge on any atom is 0.319 e. The topological polar surface area (TPSA) is 94.2 Å². The summed E-state index contributed by atoms with van der Waals surface area (Å²) in [6.45, 7) is 2.30. The highest BCUT2D eigenvalue weighted by Gasteiger charge is 2.30. The molecule has 40 heavy (non-hydrogen) atoms. The van der Waals surface area contributed by atoms with Crippen molar-refractivity contribution in [2.45, 2.75) is 18.9 Å². The molecule has 9 heteroatoms. The molecule has 9 nitrogen and oxygen atoms in total. The average molecular weight is 541 g/mol. The highest BCUT2D eigenvalue weighted by molar-refractivity contribution is 6.00. The van der Waals surface area contributed by atoms with Crippen LogP contribution in [0.3, 0.4) is 0 Å². The second-order valence-corrected chi connectivity index (χ2v) is 9.86. The second-order valence-electron chi connectivity index (χ2n) is 9.86. The molecule has 0 spiro atoms. The SMILES string of the molecule is COc1ccc(CC2c3cc4c(cc3CCN2CCNC(=O)Nc2ccnc3ccccc23)OCO4)cc1OC. The maximum atomic E-state index is 12.8. The molecule has 3 heterocycles. The van der Waals surface area contributed by atoms with Gasteiger partial charge in [-0.05, 0) is 65.9 Å². The van der Waals surface area contributed by atoms with Crippen molar-refractivity contribution >= 4 is 22.6 Å². The van der Waals surface area contributed by atoms with E-state index in [-0.39, 0.29) is 18.9 Å². The van der Waals surface area contributed by atoms with Crippen molar-refractivity contribution in [3.63, 3.8) is 0 Å². The van der Waals surface area contributed by atoms with Crippen molar-refractivity contribution < 1.29 is 23.7 Å². The molecular weight excluding hydrogens is 508 g/mol. The van der Waals surface area contributed by atoms with Gasteiger partial charge >= 0.3 is 6.03 Å². The Morgan fingerprint density at radius 3 is 2.70 bits per heavy atom. The van der Waals surface area contributed by atoms with E-state index in [1.807, 2.05) is 42.5 Å². The molecule has 206 valence electrons. The van der Waals surface area contributed by atoms with Gasteiger partial charge in [0, 0.05) is 37.3 Å². The number of pyridine rings is 1. The number of benzene rings is 3. The molecule has 2 aliphatic rings. The van der Waals surface area contributed by atoms with Crippen LogP contribution in [0.5, 0.6) is 23.0 Å². The molecule has 1 unspecified atom stereocenters. The number of fused-ring (bicyclic) bond motifs is 3. The normalized spacial score (nSPS) is 15.9. The molecule has 0 saturated heterocycles. The van der Waals surface area contributed by atoms with Crippen molar-refractivity contribution in [2.75, 3.05) is 46.0 Å². The Kier molecular flexibility index (Phi) is 7.29. The van der Waals surface area contributed by atoms with Gasteiger partial charge in [0.15, 0.2) is 23.0 Å². The predicted octanol–water partition coefficient (Wildman–Crippen LogP) is 4.94. The Morgan fingerprint density at radius 2 is 1.85 bits per heavy atom. The van der Waals surface area contributed by atoms with E-state index >= 15 is 0 Å². The van der Waals surface area contributed by atoms with Crippen LogP contribution in [-0.4, -0.2) is 56.6 Å². The van der Waals surface area contributed by atoms with Crippen LogP contribution < -0.4 is 29.6 Å². The summed E-state index contributed by atoms with van der Waals surface area (Å²) >= 11 is 0. The van der Waals surface area contributed by atoms with E-state index in [1.54, 1.807) is 20.4 Å². The Hall–Kier alpha value is -4.50. The second kappa shape index (κ2) is 11.3. The number of methoxy groups -OCH3 is 2. The number of hydrogen-bond acceptors (Lipinski definition) is 7. The minimum Gasteiger partial charge on any atom is -0.493 e. The van der Waals surface area contributed by atoms with Crippen LogP contribution in [0, 0.1) is 0 Å². The molecule has 3 aromatic carbocycles. The lowest BCUT2D eigenvalue weighted by Gasteiger charge is -2.38. The molecule has 1 aromatic heterocycles. The van der Waals surface area contributed by atoms with Gasteiger partial charge in [-0.15, -0.1) is 0 Å². The zero-order valence-electron chi connectivity index (χ0n) is 22.6. The Morgan fingerprint density at radius 1 is 1.02 bits per heavy atom. The van der Waals surface area contributed by atoms with Crippen LogP contribution in [0.15, 0.2) is 66.9 Å². The van der Waals surface area contributed by atoms with E-state index in [4.69, 9.17) is 18.9 Å². The summed E-state index contributed by atoms with van der Waals surface area (Å²) in [7, 11) is 3.29. The summed E-state index contributed by atoms with van der Waals surface area (Å²) in [5.41, 5.74) is 5.19. The van der Waals surface area contributed by atoms with Gasteiger partial charge in [0.05, 0.1) is 25.4 Å². The summed E-state index contributed by atoms with van der Waals surface area (Å²) in [6, 6.07) is 19.7. The lowest BCUT2D eigenvalue weighted by Crippen LogP contribution is -2.42. The number of aromatic nitrogens is 1. The fourth-order valence-electron chi connectivity index (χ4n) is 5.57. The van der Waals surface area contributed by atoms with Crippen LogP contribution in [0.2, 0.25) is 0 Å². The fourth-order valence-corrected chi connectivity index (χ4v) is 5.57. The van der Waals surface area contributed by atoms with E-state index < -0.39 is 0 Å². The van der Waals surface area contributed by atoms with Gasteiger partial charge in [0.25, 0.3) is 0 Å². The largest absolute Gasteiger partial charge is 0.493 e. The average Bonchev–Trinajstić information content (AvgIpc) is 3.45. The van der Waals surface area contributed by atoms with E-state index in [2.05, 4.69) is 38.7 Å². The van der Waals surface area contributed by atoms with Crippen molar-refractivity contribution in [3.05, 3.63) is 83.6 Å². The third kappa shape index (κ3) is 5.20. The molecule has 0 radical (unpaired) electrons. The Balaban J connectivity index is 1.18. The molecule has 2 amide bonds. The lowest BCUT2D eigenvalue weighted by molar-refractivity contribution is 0.173. The predicted molar refractivity (Wildman–Crippen MR) is 153 cm³/mol. The van der Waals surface area contributed by atoms with E-state index in [0.29, 0.717) is 24.6 Å². The number of carbonyl (C=O) groups excluding carboxylic acids is 1. The molecule has 0 bridgehead atoms. The molecule has 0 saturated carbocycles. The Labute approximate surface area is 233 Å². The minimum atomic E-state index is -0.242. The van der Waals surface area contributed by atoms with Crippen molar-refractivity contribution in [1.29, 1.82) is 0 Å².